The van der Waals surface area contributed by atoms with E-state index in [1.54, 1.807) is 12.4 Å². The number of aromatic amines is 1. The molecule has 0 saturated carbocycles. The summed E-state index contributed by atoms with van der Waals surface area (Å²) in [6, 6.07) is 9.45. The van der Waals surface area contributed by atoms with Gasteiger partial charge in [0.15, 0.2) is 0 Å². The predicted molar refractivity (Wildman–Crippen MR) is 143 cm³/mol. The van der Waals surface area contributed by atoms with Gasteiger partial charge in [-0.1, -0.05) is 12.1 Å². The molecule has 1 aliphatic rings. The number of H-pyrrole nitrogens is 1. The van der Waals surface area contributed by atoms with Gasteiger partial charge in [-0.3, -0.25) is 14.7 Å². The summed E-state index contributed by atoms with van der Waals surface area (Å²) >= 11 is 0. The molecule has 0 bridgehead atoms. The Labute approximate surface area is 212 Å². The highest BCUT2D eigenvalue weighted by molar-refractivity contribution is 5.98. The largest absolute Gasteiger partial charge is 0.357 e. The number of nitrogens with one attached hydrogen (secondary N) is 1. The fourth-order valence-corrected chi connectivity index (χ4v) is 4.08. The molecule has 188 valence electrons. The average molecular weight is 487 g/mol. The molecule has 1 aliphatic heterocycles. The van der Waals surface area contributed by atoms with Crippen LogP contribution in [0.1, 0.15) is 23.0 Å². The van der Waals surface area contributed by atoms with Gasteiger partial charge in [0.2, 0.25) is 5.95 Å². The molecule has 0 radical (unpaired) electrons. The standard InChI is InChI=1S/C27H34N8O/c1-4-7-22(31-27-29-11-9-24(32-27)23-8-5-6-10-28-23)18-21-19-25(30-20-21)26(36)35-16-14-34(15-17-35)13-12-33(2)3/h4-11,19-20,30H,12-18H2,1-3H3/b7-4-,31-22?. The maximum Gasteiger partial charge on any atom is 0.270 e. The molecule has 0 aromatic carbocycles. The minimum Gasteiger partial charge on any atom is -0.357 e. The van der Waals surface area contributed by atoms with Gasteiger partial charge in [0.1, 0.15) is 5.69 Å². The van der Waals surface area contributed by atoms with Crippen molar-refractivity contribution in [2.24, 2.45) is 4.99 Å². The second kappa shape index (κ2) is 12.3. The van der Waals surface area contributed by atoms with E-state index < -0.39 is 0 Å². The molecule has 1 saturated heterocycles. The molecule has 0 aliphatic carbocycles. The normalized spacial score (nSPS) is 15.2. The first-order chi connectivity index (χ1) is 17.5. The van der Waals surface area contributed by atoms with Gasteiger partial charge in [-0.15, -0.1) is 0 Å². The van der Waals surface area contributed by atoms with Crippen molar-refractivity contribution in [3.8, 4) is 11.4 Å². The van der Waals surface area contributed by atoms with Crippen LogP contribution in [0.3, 0.4) is 0 Å². The Morgan fingerprint density at radius 3 is 2.67 bits per heavy atom. The highest BCUT2D eigenvalue weighted by Gasteiger charge is 2.23. The maximum absolute atomic E-state index is 13.1. The molecule has 0 atom stereocenters. The molecule has 4 rings (SSSR count). The van der Waals surface area contributed by atoms with Crippen LogP contribution in [0.25, 0.3) is 11.4 Å². The Morgan fingerprint density at radius 1 is 1.11 bits per heavy atom. The lowest BCUT2D eigenvalue weighted by atomic mass is 10.1. The van der Waals surface area contributed by atoms with E-state index in [9.17, 15) is 4.79 Å². The highest BCUT2D eigenvalue weighted by atomic mass is 16.2. The molecule has 9 heteroatoms. The number of allylic oxidation sites excluding steroid dienone is 2. The summed E-state index contributed by atoms with van der Waals surface area (Å²) in [5, 5.41) is 0. The van der Waals surface area contributed by atoms with Gasteiger partial charge in [0.25, 0.3) is 5.91 Å². The number of aromatic nitrogens is 4. The molecule has 3 aromatic rings. The number of hydrogen-bond donors (Lipinski definition) is 1. The molecule has 3 aromatic heterocycles. The molecular weight excluding hydrogens is 452 g/mol. The third-order valence-corrected chi connectivity index (χ3v) is 6.05. The molecular formula is C27H34N8O. The molecule has 1 N–H and O–H groups in total. The van der Waals surface area contributed by atoms with Crippen LogP contribution < -0.4 is 0 Å². The number of hydrogen-bond acceptors (Lipinski definition) is 7. The van der Waals surface area contributed by atoms with Crippen LogP contribution in [0, 0.1) is 0 Å². The minimum absolute atomic E-state index is 0.0458. The van der Waals surface area contributed by atoms with E-state index in [2.05, 4.69) is 48.8 Å². The zero-order valence-corrected chi connectivity index (χ0v) is 21.3. The van der Waals surface area contributed by atoms with Crippen molar-refractivity contribution in [2.75, 3.05) is 53.4 Å². The monoisotopic (exact) mass is 486 g/mol. The van der Waals surface area contributed by atoms with Gasteiger partial charge >= 0.3 is 0 Å². The molecule has 1 amide bonds. The summed E-state index contributed by atoms with van der Waals surface area (Å²) in [7, 11) is 4.17. The van der Waals surface area contributed by atoms with E-state index in [1.807, 2.05) is 60.5 Å². The number of likely N-dealkylation sites (N-methyl/N-ethyl adjacent to an activating group) is 1. The zero-order chi connectivity index (χ0) is 25.3. The first-order valence-corrected chi connectivity index (χ1v) is 12.3. The smallest absolute Gasteiger partial charge is 0.270 e. The number of carbonyl (C=O) groups is 1. The quantitative estimate of drug-likeness (QED) is 0.467. The lowest BCUT2D eigenvalue weighted by Crippen LogP contribution is -2.50. The van der Waals surface area contributed by atoms with E-state index in [4.69, 9.17) is 0 Å². The molecule has 9 nitrogen and oxygen atoms in total. The lowest BCUT2D eigenvalue weighted by molar-refractivity contribution is 0.0624. The summed E-state index contributed by atoms with van der Waals surface area (Å²) in [5.41, 5.74) is 3.90. The van der Waals surface area contributed by atoms with Crippen LogP contribution in [0.15, 0.2) is 66.1 Å². The summed E-state index contributed by atoms with van der Waals surface area (Å²) in [6.45, 7) is 7.31. The molecule has 0 unspecified atom stereocenters. The average Bonchev–Trinajstić information content (AvgIpc) is 3.36. The Hall–Kier alpha value is -3.69. The van der Waals surface area contributed by atoms with Crippen molar-refractivity contribution < 1.29 is 4.79 Å². The second-order valence-electron chi connectivity index (χ2n) is 9.10. The SMILES string of the molecule is C/C=C\C(Cc1c[nH]c(C(=O)N2CCN(CCN(C)C)CC2)c1)=Nc1nccc(-c2ccccn2)n1. The summed E-state index contributed by atoms with van der Waals surface area (Å²) in [4.78, 5) is 40.7. The van der Waals surface area contributed by atoms with Gasteiger partial charge in [0.05, 0.1) is 11.4 Å². The van der Waals surface area contributed by atoms with E-state index in [-0.39, 0.29) is 5.91 Å². The zero-order valence-electron chi connectivity index (χ0n) is 21.3. The van der Waals surface area contributed by atoms with E-state index in [0.717, 1.165) is 61.9 Å². The van der Waals surface area contributed by atoms with Gasteiger partial charge in [-0.2, -0.15) is 0 Å². The third-order valence-electron chi connectivity index (χ3n) is 6.05. The number of amides is 1. The van der Waals surface area contributed by atoms with Crippen LogP contribution >= 0.6 is 0 Å². The molecule has 0 spiro atoms. The van der Waals surface area contributed by atoms with Crippen LogP contribution in [0.4, 0.5) is 5.95 Å². The first-order valence-electron chi connectivity index (χ1n) is 12.3. The van der Waals surface area contributed by atoms with Crippen molar-refractivity contribution in [1.29, 1.82) is 0 Å². The lowest BCUT2D eigenvalue weighted by Gasteiger charge is -2.35. The highest BCUT2D eigenvalue weighted by Crippen LogP contribution is 2.17. The number of carbonyl (C=O) groups excluding carboxylic acids is 1. The summed E-state index contributed by atoms with van der Waals surface area (Å²) in [5.74, 6) is 0.426. The second-order valence-corrected chi connectivity index (χ2v) is 9.10. The Kier molecular flexibility index (Phi) is 8.70. The van der Waals surface area contributed by atoms with E-state index >= 15 is 0 Å². The Morgan fingerprint density at radius 2 is 1.94 bits per heavy atom. The minimum atomic E-state index is 0.0458. The van der Waals surface area contributed by atoms with Gasteiger partial charge < -0.3 is 14.8 Å². The molecule has 1 fully saturated rings. The van der Waals surface area contributed by atoms with Crippen LogP contribution in [0.5, 0.6) is 0 Å². The van der Waals surface area contributed by atoms with Crippen molar-refractivity contribution in [3.05, 3.63) is 72.3 Å². The maximum atomic E-state index is 13.1. The van der Waals surface area contributed by atoms with Crippen molar-refractivity contribution in [2.45, 2.75) is 13.3 Å². The number of nitrogens with zero attached hydrogens (tertiary/aromatic N) is 7. The van der Waals surface area contributed by atoms with Crippen LogP contribution in [-0.4, -0.2) is 99.6 Å². The summed E-state index contributed by atoms with van der Waals surface area (Å²) < 4.78 is 0. The van der Waals surface area contributed by atoms with Crippen molar-refractivity contribution >= 4 is 17.6 Å². The predicted octanol–water partition coefficient (Wildman–Crippen LogP) is 3.08. The number of piperazine rings is 1. The van der Waals surface area contributed by atoms with Crippen LogP contribution in [-0.2, 0) is 6.42 Å². The number of pyridine rings is 1. The number of aliphatic imine (C=N–C) groups is 1. The number of rotatable bonds is 9. The van der Waals surface area contributed by atoms with Crippen molar-refractivity contribution in [3.63, 3.8) is 0 Å². The Bertz CT molecular complexity index is 1190. The van der Waals surface area contributed by atoms with Crippen molar-refractivity contribution in [1.82, 2.24) is 34.6 Å². The fraction of sp³-hybridized carbons (Fsp3) is 0.370. The fourth-order valence-electron chi connectivity index (χ4n) is 4.08. The Balaban J connectivity index is 1.40. The first kappa shape index (κ1) is 25.4. The molecule has 4 heterocycles. The van der Waals surface area contributed by atoms with E-state index in [1.165, 1.54) is 0 Å². The van der Waals surface area contributed by atoms with Gasteiger partial charge in [-0.05, 0) is 56.9 Å². The topological polar surface area (TPSA) is 93.6 Å². The summed E-state index contributed by atoms with van der Waals surface area (Å²) in [6.07, 6.45) is 9.75. The van der Waals surface area contributed by atoms with Gasteiger partial charge in [-0.25, -0.2) is 15.0 Å². The van der Waals surface area contributed by atoms with E-state index in [0.29, 0.717) is 18.1 Å². The third kappa shape index (κ3) is 6.93. The van der Waals surface area contributed by atoms with Gasteiger partial charge in [0, 0.05) is 70.0 Å². The van der Waals surface area contributed by atoms with Crippen LogP contribution in [0.2, 0.25) is 0 Å². The molecule has 36 heavy (non-hydrogen) atoms.